The molecule has 1 aromatic carbocycles. The van der Waals surface area contributed by atoms with Crippen molar-refractivity contribution in [3.05, 3.63) is 53.2 Å². The number of fused-ring (bicyclic) bond motifs is 1. The Labute approximate surface area is 146 Å². The average molecular weight is 342 g/mol. The Balaban J connectivity index is 2.09. The van der Waals surface area contributed by atoms with Crippen LogP contribution in [-0.2, 0) is 4.79 Å². The van der Waals surface area contributed by atoms with E-state index in [1.165, 1.54) is 0 Å². The minimum absolute atomic E-state index is 0.00232. The lowest BCUT2D eigenvalue weighted by Crippen LogP contribution is -2.13. The molecular formula is C19H20ClN3O. The monoisotopic (exact) mass is 341 g/mol. The number of hydrogen-bond donors (Lipinski definition) is 1. The van der Waals surface area contributed by atoms with Gasteiger partial charge in [-0.2, -0.15) is 0 Å². The number of nitrogens with one attached hydrogen (secondary N) is 1. The summed E-state index contributed by atoms with van der Waals surface area (Å²) in [5.41, 5.74) is 3.53. The van der Waals surface area contributed by atoms with Gasteiger partial charge >= 0.3 is 0 Å². The minimum Gasteiger partial charge on any atom is -0.310 e. The van der Waals surface area contributed by atoms with Crippen LogP contribution in [0.2, 0.25) is 5.02 Å². The van der Waals surface area contributed by atoms with Gasteiger partial charge in [0.15, 0.2) is 0 Å². The fourth-order valence-corrected chi connectivity index (χ4v) is 2.83. The number of rotatable bonds is 5. The Morgan fingerprint density at radius 3 is 2.88 bits per heavy atom. The standard InChI is InChI=1S/C19H20ClN3O/c1-3-4-8-17(24)22-19-18(14-6-5-7-15(20)12-14)21-16-11-13(2)9-10-23(16)19/h5-7,9-12H,3-4,8H2,1-2H3,(H,22,24). The third-order valence-corrected chi connectivity index (χ3v) is 4.13. The van der Waals surface area contributed by atoms with Crippen LogP contribution < -0.4 is 5.32 Å². The summed E-state index contributed by atoms with van der Waals surface area (Å²) < 4.78 is 1.91. The van der Waals surface area contributed by atoms with Crippen molar-refractivity contribution >= 4 is 29.0 Å². The molecule has 0 saturated heterocycles. The molecule has 0 unspecified atom stereocenters. The van der Waals surface area contributed by atoms with Crippen LogP contribution in [0.5, 0.6) is 0 Å². The van der Waals surface area contributed by atoms with Gasteiger partial charge in [0.25, 0.3) is 0 Å². The maximum Gasteiger partial charge on any atom is 0.225 e. The highest BCUT2D eigenvalue weighted by Gasteiger charge is 2.16. The molecule has 2 aromatic heterocycles. The highest BCUT2D eigenvalue weighted by Crippen LogP contribution is 2.30. The van der Waals surface area contributed by atoms with E-state index in [4.69, 9.17) is 16.6 Å². The molecule has 0 aliphatic rings. The molecule has 3 aromatic rings. The maximum absolute atomic E-state index is 12.3. The van der Waals surface area contributed by atoms with Crippen molar-refractivity contribution in [1.82, 2.24) is 9.38 Å². The van der Waals surface area contributed by atoms with Gasteiger partial charge in [-0.1, -0.05) is 37.1 Å². The highest BCUT2D eigenvalue weighted by atomic mass is 35.5. The Hall–Kier alpha value is -2.33. The summed E-state index contributed by atoms with van der Waals surface area (Å²) in [5, 5.41) is 3.67. The molecule has 2 heterocycles. The maximum atomic E-state index is 12.3. The van der Waals surface area contributed by atoms with Gasteiger partial charge in [-0.25, -0.2) is 4.98 Å². The molecule has 0 atom stereocenters. The summed E-state index contributed by atoms with van der Waals surface area (Å²) >= 11 is 6.12. The molecule has 0 radical (unpaired) electrons. The molecule has 0 saturated carbocycles. The van der Waals surface area contributed by atoms with Gasteiger partial charge in [-0.15, -0.1) is 0 Å². The number of aromatic nitrogens is 2. The Morgan fingerprint density at radius 1 is 1.29 bits per heavy atom. The molecule has 4 nitrogen and oxygen atoms in total. The van der Waals surface area contributed by atoms with E-state index in [-0.39, 0.29) is 5.91 Å². The third-order valence-electron chi connectivity index (χ3n) is 3.89. The normalized spacial score (nSPS) is 11.0. The lowest BCUT2D eigenvalue weighted by Gasteiger charge is -2.08. The summed E-state index contributed by atoms with van der Waals surface area (Å²) in [6.07, 6.45) is 4.29. The second-order valence-electron chi connectivity index (χ2n) is 5.90. The van der Waals surface area contributed by atoms with Crippen LogP contribution in [0.4, 0.5) is 5.82 Å². The molecule has 124 valence electrons. The number of pyridine rings is 1. The number of hydrogen-bond acceptors (Lipinski definition) is 2. The van der Waals surface area contributed by atoms with Crippen molar-refractivity contribution in [2.24, 2.45) is 0 Å². The lowest BCUT2D eigenvalue weighted by atomic mass is 10.1. The summed E-state index contributed by atoms with van der Waals surface area (Å²) in [4.78, 5) is 17.0. The average Bonchev–Trinajstić information content (AvgIpc) is 2.90. The predicted octanol–water partition coefficient (Wildman–Crippen LogP) is 5.09. The smallest absolute Gasteiger partial charge is 0.225 e. The number of aryl methyl sites for hydroxylation is 1. The number of carbonyl (C=O) groups is 1. The molecule has 1 amide bonds. The van der Waals surface area contributed by atoms with Gasteiger partial charge in [0.1, 0.15) is 17.2 Å². The fraction of sp³-hybridized carbons (Fsp3) is 0.263. The number of halogens is 1. The predicted molar refractivity (Wildman–Crippen MR) is 98.5 cm³/mol. The van der Waals surface area contributed by atoms with Crippen molar-refractivity contribution in [3.63, 3.8) is 0 Å². The molecule has 0 fully saturated rings. The summed E-state index contributed by atoms with van der Waals surface area (Å²) in [6, 6.07) is 11.5. The number of benzene rings is 1. The van der Waals surface area contributed by atoms with Crippen molar-refractivity contribution in [2.45, 2.75) is 33.1 Å². The molecule has 1 N–H and O–H groups in total. The molecule has 24 heavy (non-hydrogen) atoms. The van der Waals surface area contributed by atoms with Gasteiger partial charge < -0.3 is 5.32 Å². The first kappa shape index (κ1) is 16.5. The van der Waals surface area contributed by atoms with Crippen LogP contribution in [0, 0.1) is 6.92 Å². The number of carbonyl (C=O) groups excluding carboxylic acids is 1. The van der Waals surface area contributed by atoms with E-state index >= 15 is 0 Å². The van der Waals surface area contributed by atoms with Crippen LogP contribution in [0.3, 0.4) is 0 Å². The quantitative estimate of drug-likeness (QED) is 0.702. The second-order valence-corrected chi connectivity index (χ2v) is 6.34. The number of anilines is 1. The molecule has 0 aliphatic heterocycles. The van der Waals surface area contributed by atoms with Crippen molar-refractivity contribution in [2.75, 3.05) is 5.32 Å². The lowest BCUT2D eigenvalue weighted by molar-refractivity contribution is -0.116. The first-order valence-corrected chi connectivity index (χ1v) is 8.51. The van der Waals surface area contributed by atoms with E-state index in [1.54, 1.807) is 0 Å². The van der Waals surface area contributed by atoms with Gasteiger partial charge in [0.05, 0.1) is 0 Å². The van der Waals surface area contributed by atoms with Crippen molar-refractivity contribution in [3.8, 4) is 11.3 Å². The van der Waals surface area contributed by atoms with Crippen LogP contribution >= 0.6 is 11.6 Å². The summed E-state index contributed by atoms with van der Waals surface area (Å²) in [6.45, 7) is 4.09. The van der Waals surface area contributed by atoms with Crippen LogP contribution in [-0.4, -0.2) is 15.3 Å². The van der Waals surface area contributed by atoms with Crippen LogP contribution in [0.15, 0.2) is 42.6 Å². The van der Waals surface area contributed by atoms with E-state index in [0.717, 1.165) is 35.3 Å². The largest absolute Gasteiger partial charge is 0.310 e. The molecular weight excluding hydrogens is 322 g/mol. The first-order chi connectivity index (χ1) is 11.6. The molecule has 3 rings (SSSR count). The van der Waals surface area contributed by atoms with Crippen molar-refractivity contribution in [1.29, 1.82) is 0 Å². The fourth-order valence-electron chi connectivity index (χ4n) is 2.63. The van der Waals surface area contributed by atoms with Gasteiger partial charge in [-0.05, 0) is 43.2 Å². The van der Waals surface area contributed by atoms with Gasteiger partial charge in [0.2, 0.25) is 5.91 Å². The Morgan fingerprint density at radius 2 is 2.12 bits per heavy atom. The molecule has 0 aliphatic carbocycles. The Bertz CT molecular complexity index is 885. The van der Waals surface area contributed by atoms with E-state index in [9.17, 15) is 4.79 Å². The summed E-state index contributed by atoms with van der Waals surface area (Å²) in [7, 11) is 0. The van der Waals surface area contributed by atoms with Gasteiger partial charge in [-0.3, -0.25) is 9.20 Å². The topological polar surface area (TPSA) is 46.4 Å². The number of imidazole rings is 1. The number of unbranched alkanes of at least 4 members (excludes halogenated alkanes) is 1. The molecule has 5 heteroatoms. The zero-order valence-corrected chi connectivity index (χ0v) is 14.6. The first-order valence-electron chi connectivity index (χ1n) is 8.13. The van der Waals surface area contributed by atoms with Crippen molar-refractivity contribution < 1.29 is 4.79 Å². The zero-order valence-electron chi connectivity index (χ0n) is 13.8. The molecule has 0 spiro atoms. The van der Waals surface area contributed by atoms with Crippen LogP contribution in [0.1, 0.15) is 31.7 Å². The van der Waals surface area contributed by atoms with E-state index in [1.807, 2.05) is 53.9 Å². The van der Waals surface area contributed by atoms with Crippen LogP contribution in [0.25, 0.3) is 16.9 Å². The third kappa shape index (κ3) is 3.44. The highest BCUT2D eigenvalue weighted by molar-refractivity contribution is 6.30. The SMILES string of the molecule is CCCCC(=O)Nc1c(-c2cccc(Cl)c2)nc2cc(C)ccn12. The zero-order chi connectivity index (χ0) is 17.1. The number of amides is 1. The van der Waals surface area contributed by atoms with E-state index in [2.05, 4.69) is 12.2 Å². The van der Waals surface area contributed by atoms with E-state index in [0.29, 0.717) is 17.3 Å². The second kappa shape index (κ2) is 7.05. The van der Waals surface area contributed by atoms with Gasteiger partial charge in [0, 0.05) is 23.2 Å². The minimum atomic E-state index is 0.00232. The summed E-state index contributed by atoms with van der Waals surface area (Å²) in [5.74, 6) is 0.691. The number of nitrogens with zero attached hydrogens (tertiary/aromatic N) is 2. The van der Waals surface area contributed by atoms with E-state index < -0.39 is 0 Å². The Kier molecular flexibility index (Phi) is 4.86. The molecule has 0 bridgehead atoms.